The zero-order valence-corrected chi connectivity index (χ0v) is 12.2. The Kier molecular flexibility index (Phi) is 2.51. The van der Waals surface area contributed by atoms with Crippen LogP contribution >= 0.6 is 0 Å². The van der Waals surface area contributed by atoms with E-state index in [1.54, 1.807) is 31.4 Å². The van der Waals surface area contributed by atoms with E-state index in [2.05, 4.69) is 4.98 Å². The number of aromatic nitrogens is 1. The number of ether oxygens (including phenoxy) is 1. The van der Waals surface area contributed by atoms with Crippen LogP contribution in [0.5, 0.6) is 5.75 Å². The molecule has 1 heterocycles. The fourth-order valence-corrected chi connectivity index (χ4v) is 3.12. The fourth-order valence-electron chi connectivity index (χ4n) is 3.12. The van der Waals surface area contributed by atoms with Gasteiger partial charge in [-0.2, -0.15) is 0 Å². The number of fused-ring (bicyclic) bond motifs is 4. The van der Waals surface area contributed by atoms with E-state index < -0.39 is 0 Å². The quantitative estimate of drug-likeness (QED) is 0.585. The van der Waals surface area contributed by atoms with E-state index in [0.717, 1.165) is 10.9 Å². The first-order chi connectivity index (χ1) is 10.6. The van der Waals surface area contributed by atoms with Crippen molar-refractivity contribution < 1.29 is 14.3 Å². The van der Waals surface area contributed by atoms with Crippen molar-refractivity contribution in [2.24, 2.45) is 0 Å². The van der Waals surface area contributed by atoms with Crippen molar-refractivity contribution in [2.75, 3.05) is 7.11 Å². The third-order valence-corrected chi connectivity index (χ3v) is 4.11. The maximum Gasteiger partial charge on any atom is 0.210 e. The highest BCUT2D eigenvalue weighted by atomic mass is 16.5. The molecule has 4 rings (SSSR count). The average molecular weight is 291 g/mol. The van der Waals surface area contributed by atoms with Gasteiger partial charge in [-0.15, -0.1) is 0 Å². The predicted molar refractivity (Wildman–Crippen MR) is 82.9 cm³/mol. The fraction of sp³-hybridized carbons (Fsp3) is 0.111. The topological polar surface area (TPSA) is 59.2 Å². The van der Waals surface area contributed by atoms with Crippen LogP contribution in [0.3, 0.4) is 0 Å². The maximum absolute atomic E-state index is 12.8. The minimum absolute atomic E-state index is 0.121. The van der Waals surface area contributed by atoms with Gasteiger partial charge < -0.3 is 9.72 Å². The minimum atomic E-state index is -0.152. The molecule has 4 heteroatoms. The minimum Gasteiger partial charge on any atom is -0.495 e. The van der Waals surface area contributed by atoms with E-state index in [-0.39, 0.29) is 11.6 Å². The molecule has 0 amide bonds. The smallest absolute Gasteiger partial charge is 0.210 e. The highest BCUT2D eigenvalue weighted by Gasteiger charge is 2.33. The monoisotopic (exact) mass is 291 g/mol. The summed E-state index contributed by atoms with van der Waals surface area (Å²) >= 11 is 0. The second-order valence-corrected chi connectivity index (χ2v) is 5.47. The number of ketones is 2. The van der Waals surface area contributed by atoms with Gasteiger partial charge >= 0.3 is 0 Å². The number of nitrogens with one attached hydrogen (secondary N) is 1. The molecule has 0 radical (unpaired) electrons. The van der Waals surface area contributed by atoms with Crippen LogP contribution in [0.1, 0.15) is 37.5 Å². The molecule has 0 aliphatic heterocycles. The Morgan fingerprint density at radius 1 is 1.00 bits per heavy atom. The molecule has 1 N–H and O–H groups in total. The summed E-state index contributed by atoms with van der Waals surface area (Å²) in [6, 6.07) is 10.7. The molecule has 0 unspecified atom stereocenters. The number of hydrogen-bond donors (Lipinski definition) is 1. The van der Waals surface area contributed by atoms with Crippen molar-refractivity contribution in [3.05, 3.63) is 64.3 Å². The standard InChI is InChI=1S/C18H13NO3/c1-9-7-12-14-16(19-15(12)13(8-9)22-2)18(21)11-6-4-3-5-10(11)17(14)20/h3-8,19H,1-2H3. The summed E-state index contributed by atoms with van der Waals surface area (Å²) in [6.45, 7) is 1.93. The Labute approximate surface area is 126 Å². The highest BCUT2D eigenvalue weighted by molar-refractivity contribution is 6.32. The number of aromatic amines is 1. The molecule has 0 atom stereocenters. The molecule has 4 nitrogen and oxygen atoms in total. The van der Waals surface area contributed by atoms with Gasteiger partial charge in [-0.05, 0) is 24.6 Å². The van der Waals surface area contributed by atoms with Gasteiger partial charge in [0.05, 0.1) is 23.9 Å². The molecule has 0 bridgehead atoms. The van der Waals surface area contributed by atoms with Gasteiger partial charge in [0.1, 0.15) is 5.75 Å². The Morgan fingerprint density at radius 2 is 1.68 bits per heavy atom. The number of rotatable bonds is 1. The molecule has 3 aromatic rings. The van der Waals surface area contributed by atoms with Gasteiger partial charge in [0.25, 0.3) is 0 Å². The van der Waals surface area contributed by atoms with E-state index in [0.29, 0.717) is 33.7 Å². The Balaban J connectivity index is 2.12. The lowest BCUT2D eigenvalue weighted by atomic mass is 9.87. The predicted octanol–water partition coefficient (Wildman–Crippen LogP) is 3.26. The Hall–Kier alpha value is -2.88. The van der Waals surface area contributed by atoms with Gasteiger partial charge in [0, 0.05) is 16.5 Å². The van der Waals surface area contributed by atoms with Crippen LogP contribution in [0.15, 0.2) is 36.4 Å². The summed E-state index contributed by atoms with van der Waals surface area (Å²) in [5.41, 5.74) is 3.37. The number of aryl methyl sites for hydroxylation is 1. The number of carbonyl (C=O) groups is 2. The van der Waals surface area contributed by atoms with Crippen molar-refractivity contribution in [2.45, 2.75) is 6.92 Å². The molecule has 0 spiro atoms. The van der Waals surface area contributed by atoms with Crippen LogP contribution < -0.4 is 4.74 Å². The highest BCUT2D eigenvalue weighted by Crippen LogP contribution is 2.36. The molecular weight excluding hydrogens is 278 g/mol. The molecule has 1 aliphatic rings. The van der Waals surface area contributed by atoms with E-state index >= 15 is 0 Å². The van der Waals surface area contributed by atoms with Crippen LogP contribution in [-0.4, -0.2) is 23.7 Å². The Bertz CT molecular complexity index is 966. The third kappa shape index (κ3) is 1.52. The van der Waals surface area contributed by atoms with Gasteiger partial charge in [0.2, 0.25) is 5.78 Å². The second kappa shape index (κ2) is 4.31. The molecule has 1 aliphatic carbocycles. The van der Waals surface area contributed by atoms with Crippen molar-refractivity contribution in [3.8, 4) is 5.75 Å². The van der Waals surface area contributed by atoms with E-state index in [1.165, 1.54) is 0 Å². The van der Waals surface area contributed by atoms with Crippen LogP contribution in [0.2, 0.25) is 0 Å². The second-order valence-electron chi connectivity index (χ2n) is 5.47. The lowest BCUT2D eigenvalue weighted by molar-refractivity contribution is 0.0978. The lowest BCUT2D eigenvalue weighted by Crippen LogP contribution is -2.20. The molecule has 22 heavy (non-hydrogen) atoms. The number of benzene rings is 2. The van der Waals surface area contributed by atoms with E-state index in [9.17, 15) is 9.59 Å². The number of carbonyl (C=O) groups excluding carboxylic acids is 2. The van der Waals surface area contributed by atoms with Crippen LogP contribution in [0.4, 0.5) is 0 Å². The molecule has 1 aromatic heterocycles. The van der Waals surface area contributed by atoms with Crippen LogP contribution in [-0.2, 0) is 0 Å². The van der Waals surface area contributed by atoms with Gasteiger partial charge in [-0.3, -0.25) is 9.59 Å². The van der Waals surface area contributed by atoms with Crippen molar-refractivity contribution in [1.82, 2.24) is 4.98 Å². The number of hydrogen-bond acceptors (Lipinski definition) is 3. The molecule has 108 valence electrons. The third-order valence-electron chi connectivity index (χ3n) is 4.11. The van der Waals surface area contributed by atoms with E-state index in [1.807, 2.05) is 19.1 Å². The van der Waals surface area contributed by atoms with Crippen LogP contribution in [0, 0.1) is 6.92 Å². The first-order valence-electron chi connectivity index (χ1n) is 7.00. The van der Waals surface area contributed by atoms with Gasteiger partial charge in [-0.25, -0.2) is 0 Å². The summed E-state index contributed by atoms with van der Waals surface area (Å²) in [5, 5.41) is 0.736. The van der Waals surface area contributed by atoms with Crippen LogP contribution in [0.25, 0.3) is 10.9 Å². The normalized spacial score (nSPS) is 13.2. The van der Waals surface area contributed by atoms with Crippen molar-refractivity contribution in [3.63, 3.8) is 0 Å². The molecular formula is C18H13NO3. The summed E-state index contributed by atoms with van der Waals surface area (Å²) in [7, 11) is 1.58. The summed E-state index contributed by atoms with van der Waals surface area (Å²) in [4.78, 5) is 28.6. The first kappa shape index (κ1) is 12.8. The van der Waals surface area contributed by atoms with Gasteiger partial charge in [0.15, 0.2) is 5.78 Å². The number of methoxy groups -OCH3 is 1. The summed E-state index contributed by atoms with van der Waals surface area (Å²) in [5.74, 6) is 0.360. The zero-order chi connectivity index (χ0) is 15.4. The first-order valence-corrected chi connectivity index (χ1v) is 7.00. The number of H-pyrrole nitrogens is 1. The van der Waals surface area contributed by atoms with E-state index in [4.69, 9.17) is 4.74 Å². The summed E-state index contributed by atoms with van der Waals surface area (Å²) < 4.78 is 5.38. The largest absolute Gasteiger partial charge is 0.495 e. The molecule has 2 aromatic carbocycles. The summed E-state index contributed by atoms with van der Waals surface area (Å²) in [6.07, 6.45) is 0. The maximum atomic E-state index is 12.8. The Morgan fingerprint density at radius 3 is 2.36 bits per heavy atom. The molecule has 0 saturated carbocycles. The average Bonchev–Trinajstić information content (AvgIpc) is 2.91. The van der Waals surface area contributed by atoms with Gasteiger partial charge in [-0.1, -0.05) is 24.3 Å². The molecule has 0 fully saturated rings. The van der Waals surface area contributed by atoms with Crippen molar-refractivity contribution in [1.29, 1.82) is 0 Å². The van der Waals surface area contributed by atoms with Crippen molar-refractivity contribution >= 4 is 22.5 Å². The lowest BCUT2D eigenvalue weighted by Gasteiger charge is -2.13. The molecule has 0 saturated heterocycles. The zero-order valence-electron chi connectivity index (χ0n) is 12.2. The SMILES string of the molecule is COc1cc(C)cc2c3c([nH]c12)C(=O)c1ccccc1C3=O.